The van der Waals surface area contributed by atoms with E-state index in [1.54, 1.807) is 18.4 Å². The number of benzene rings is 1. The minimum absolute atomic E-state index is 0.0899. The first-order chi connectivity index (χ1) is 14.8. The third kappa shape index (κ3) is 4.74. The van der Waals surface area contributed by atoms with E-state index in [0.29, 0.717) is 24.8 Å². The van der Waals surface area contributed by atoms with Crippen LogP contribution in [0, 0.1) is 11.3 Å². The Morgan fingerprint density at radius 1 is 1.16 bits per heavy atom. The van der Waals surface area contributed by atoms with Gasteiger partial charge in [-0.3, -0.25) is 4.79 Å². The molecule has 0 bridgehead atoms. The largest absolute Gasteiger partial charge is 0.459 e. The van der Waals surface area contributed by atoms with Gasteiger partial charge in [0.1, 0.15) is 0 Å². The zero-order valence-electron chi connectivity index (χ0n) is 19.0. The van der Waals surface area contributed by atoms with Crippen molar-refractivity contribution in [2.45, 2.75) is 59.1 Å². The van der Waals surface area contributed by atoms with Gasteiger partial charge in [0, 0.05) is 19.7 Å². The van der Waals surface area contributed by atoms with Crippen LogP contribution in [-0.4, -0.2) is 36.4 Å². The van der Waals surface area contributed by atoms with Crippen LogP contribution in [0.25, 0.3) is 0 Å². The molecule has 1 amide bonds. The molecule has 2 aliphatic heterocycles. The van der Waals surface area contributed by atoms with Gasteiger partial charge in [-0.25, -0.2) is 0 Å². The second kappa shape index (κ2) is 8.58. The summed E-state index contributed by atoms with van der Waals surface area (Å²) in [6.07, 6.45) is 4.47. The van der Waals surface area contributed by atoms with Crippen molar-refractivity contribution >= 4 is 5.91 Å². The monoisotopic (exact) mass is 427 g/mol. The molecule has 2 aromatic rings. The highest BCUT2D eigenvalue weighted by molar-refractivity contribution is 5.91. The van der Waals surface area contributed by atoms with Crippen molar-refractivity contribution in [1.29, 1.82) is 0 Å². The van der Waals surface area contributed by atoms with E-state index in [1.165, 1.54) is 0 Å². The molecule has 168 valence electrons. The van der Waals surface area contributed by atoms with Crippen molar-refractivity contribution in [3.05, 3.63) is 47.9 Å². The smallest absolute Gasteiger partial charge is 0.289 e. The van der Waals surface area contributed by atoms with Crippen LogP contribution >= 0.6 is 0 Å². The maximum Gasteiger partial charge on any atom is 0.289 e. The zero-order chi connectivity index (χ0) is 22.1. The highest BCUT2D eigenvalue weighted by Crippen LogP contribution is 2.47. The molecule has 0 aliphatic carbocycles. The van der Waals surface area contributed by atoms with Crippen LogP contribution < -0.4 is 9.47 Å². The lowest BCUT2D eigenvalue weighted by atomic mass is 9.65. The van der Waals surface area contributed by atoms with E-state index in [4.69, 9.17) is 18.6 Å². The second-order valence-corrected chi connectivity index (χ2v) is 9.69. The van der Waals surface area contributed by atoms with Crippen LogP contribution in [0.1, 0.15) is 63.1 Å². The molecule has 1 saturated heterocycles. The number of nitrogens with zero attached hydrogens (tertiary/aromatic N) is 1. The number of furan rings is 1. The Hall–Kier alpha value is -2.47. The molecule has 4 rings (SSSR count). The van der Waals surface area contributed by atoms with Gasteiger partial charge < -0.3 is 23.5 Å². The number of carbonyl (C=O) groups is 1. The van der Waals surface area contributed by atoms with Crippen LogP contribution in [0.15, 0.2) is 41.0 Å². The van der Waals surface area contributed by atoms with Gasteiger partial charge in [-0.15, -0.1) is 0 Å². The van der Waals surface area contributed by atoms with Crippen molar-refractivity contribution < 1.29 is 23.4 Å². The van der Waals surface area contributed by atoms with Gasteiger partial charge in [0.05, 0.1) is 11.9 Å². The van der Waals surface area contributed by atoms with Crippen LogP contribution in [0.5, 0.6) is 11.5 Å². The lowest BCUT2D eigenvalue weighted by Gasteiger charge is -2.48. The average molecular weight is 428 g/mol. The Kier molecular flexibility index (Phi) is 6.02. The first-order valence-electron chi connectivity index (χ1n) is 11.1. The minimum Gasteiger partial charge on any atom is -0.459 e. The average Bonchev–Trinajstić information content (AvgIpc) is 3.41. The number of carbonyl (C=O) groups excluding carboxylic acids is 1. The maximum absolute atomic E-state index is 13.3. The molecule has 6 heteroatoms. The zero-order valence-corrected chi connectivity index (χ0v) is 19.0. The van der Waals surface area contributed by atoms with E-state index in [9.17, 15) is 4.79 Å². The third-order valence-corrected chi connectivity index (χ3v) is 6.80. The van der Waals surface area contributed by atoms with Gasteiger partial charge in [-0.1, -0.05) is 19.9 Å². The van der Waals surface area contributed by atoms with Crippen molar-refractivity contribution in [2.24, 2.45) is 11.3 Å². The fourth-order valence-electron chi connectivity index (χ4n) is 4.94. The van der Waals surface area contributed by atoms with E-state index in [1.807, 2.05) is 23.1 Å². The molecule has 2 aliphatic rings. The minimum atomic E-state index is -0.143. The second-order valence-electron chi connectivity index (χ2n) is 9.69. The van der Waals surface area contributed by atoms with E-state index >= 15 is 0 Å². The van der Waals surface area contributed by atoms with Crippen molar-refractivity contribution in [3.8, 4) is 11.5 Å². The molecule has 0 N–H and O–H groups in total. The summed E-state index contributed by atoms with van der Waals surface area (Å²) in [5, 5.41) is 0. The Bertz CT molecular complexity index is 905. The predicted octanol–water partition coefficient (Wildman–Crippen LogP) is 5.27. The molecule has 0 saturated carbocycles. The van der Waals surface area contributed by atoms with Crippen molar-refractivity contribution in [1.82, 2.24) is 4.90 Å². The Balaban J connectivity index is 1.55. The molecule has 1 atom stereocenters. The summed E-state index contributed by atoms with van der Waals surface area (Å²) in [6, 6.07) is 9.34. The van der Waals surface area contributed by atoms with Gasteiger partial charge in [-0.2, -0.15) is 0 Å². The number of hydrogen-bond donors (Lipinski definition) is 0. The number of amides is 1. The fourth-order valence-corrected chi connectivity index (χ4v) is 4.94. The molecule has 31 heavy (non-hydrogen) atoms. The molecule has 0 unspecified atom stereocenters. The highest BCUT2D eigenvalue weighted by atomic mass is 16.7. The van der Waals surface area contributed by atoms with Gasteiger partial charge in [-0.05, 0) is 74.3 Å². The van der Waals surface area contributed by atoms with Gasteiger partial charge in [0.25, 0.3) is 5.91 Å². The lowest BCUT2D eigenvalue weighted by molar-refractivity contribution is -0.122. The molecule has 1 fully saturated rings. The quantitative estimate of drug-likeness (QED) is 0.602. The van der Waals surface area contributed by atoms with Gasteiger partial charge in [0.2, 0.25) is 6.79 Å². The summed E-state index contributed by atoms with van der Waals surface area (Å²) in [6.45, 7) is 11.1. The SMILES string of the molecule is CC(C)[C@]1(CCN(Cc2ccc3c(c2)OCO3)C(=O)c2ccco2)CCOC(C)(C)C1. The van der Waals surface area contributed by atoms with E-state index < -0.39 is 0 Å². The van der Waals surface area contributed by atoms with Crippen molar-refractivity contribution in [2.75, 3.05) is 19.9 Å². The van der Waals surface area contributed by atoms with Crippen LogP contribution in [-0.2, 0) is 11.3 Å². The Labute approximate surface area is 184 Å². The highest BCUT2D eigenvalue weighted by Gasteiger charge is 2.43. The Morgan fingerprint density at radius 2 is 1.97 bits per heavy atom. The lowest BCUT2D eigenvalue weighted by Crippen LogP contribution is -2.46. The number of hydrogen-bond acceptors (Lipinski definition) is 5. The van der Waals surface area contributed by atoms with Crippen molar-refractivity contribution in [3.63, 3.8) is 0 Å². The van der Waals surface area contributed by atoms with E-state index in [-0.39, 0.29) is 23.7 Å². The summed E-state index contributed by atoms with van der Waals surface area (Å²) in [7, 11) is 0. The molecule has 1 aromatic carbocycles. The van der Waals surface area contributed by atoms with Crippen LogP contribution in [0.3, 0.4) is 0 Å². The van der Waals surface area contributed by atoms with Crippen LogP contribution in [0.4, 0.5) is 0 Å². The molecule has 0 radical (unpaired) electrons. The molecule has 0 spiro atoms. The summed E-state index contributed by atoms with van der Waals surface area (Å²) < 4.78 is 22.4. The first-order valence-corrected chi connectivity index (χ1v) is 11.1. The summed E-state index contributed by atoms with van der Waals surface area (Å²) in [5.74, 6) is 2.25. The standard InChI is InChI=1S/C25H33NO5/c1-18(2)25(10-13-31-24(3,4)16-25)9-11-26(23(27)21-6-5-12-28-21)15-19-7-8-20-22(14-19)30-17-29-20/h5-8,12,14,18H,9-11,13,15-17H2,1-4H3/t25-/m1/s1. The van der Waals surface area contributed by atoms with E-state index in [2.05, 4.69) is 27.7 Å². The normalized spacial score (nSPS) is 22.0. The topological polar surface area (TPSA) is 61.1 Å². The number of ether oxygens (including phenoxy) is 3. The molecular weight excluding hydrogens is 394 g/mol. The predicted molar refractivity (Wildman–Crippen MR) is 117 cm³/mol. The van der Waals surface area contributed by atoms with E-state index in [0.717, 1.165) is 42.9 Å². The molecular formula is C25H33NO5. The van der Waals surface area contributed by atoms with Gasteiger partial charge >= 0.3 is 0 Å². The maximum atomic E-state index is 13.3. The molecule has 6 nitrogen and oxygen atoms in total. The summed E-state index contributed by atoms with van der Waals surface area (Å²) in [5.41, 5.74) is 1.00. The first kappa shape index (κ1) is 21.8. The summed E-state index contributed by atoms with van der Waals surface area (Å²) in [4.78, 5) is 15.2. The third-order valence-electron chi connectivity index (χ3n) is 6.80. The molecule has 1 aromatic heterocycles. The number of fused-ring (bicyclic) bond motifs is 1. The fraction of sp³-hybridized carbons (Fsp3) is 0.560. The Morgan fingerprint density at radius 3 is 2.68 bits per heavy atom. The van der Waals surface area contributed by atoms with Gasteiger partial charge in [0.15, 0.2) is 17.3 Å². The number of rotatable bonds is 7. The summed E-state index contributed by atoms with van der Waals surface area (Å²) >= 11 is 0. The van der Waals surface area contributed by atoms with Crippen LogP contribution in [0.2, 0.25) is 0 Å². The molecule has 3 heterocycles.